The van der Waals surface area contributed by atoms with Gasteiger partial charge in [0, 0.05) is 37.2 Å². The molecule has 3 nitrogen and oxygen atoms in total. The highest BCUT2D eigenvalue weighted by Crippen LogP contribution is 2.27. The van der Waals surface area contributed by atoms with Crippen LogP contribution in [-0.4, -0.2) is 42.9 Å². The largest absolute Gasteiger partial charge is 0.491 e. The van der Waals surface area contributed by atoms with Gasteiger partial charge in [0.1, 0.15) is 12.4 Å². The number of nitrogens with zero attached hydrogens (tertiary/aromatic N) is 1. The molecule has 1 fully saturated rings. The number of halogens is 2. The number of hydrogen-bond donors (Lipinski definition) is 1. The molecule has 17 heavy (non-hydrogen) atoms. The Morgan fingerprint density at radius 2 is 2.12 bits per heavy atom. The summed E-state index contributed by atoms with van der Waals surface area (Å²) in [6.45, 7) is 3.64. The minimum atomic E-state index is 0.278. The number of aliphatic hydroxyl groups is 1. The van der Waals surface area contributed by atoms with Crippen LogP contribution in [0.15, 0.2) is 18.2 Å². The number of likely N-dealkylation sites (tertiary alicyclic amines) is 1. The molecule has 0 radical (unpaired) electrons. The smallest absolute Gasteiger partial charge is 0.138 e. The highest BCUT2D eigenvalue weighted by Gasteiger charge is 2.25. The Hall–Kier alpha value is -0.480. The van der Waals surface area contributed by atoms with Crippen molar-refractivity contribution < 1.29 is 9.84 Å². The molecular formula is C12H15Cl2NO2. The maximum absolute atomic E-state index is 8.88. The summed E-state index contributed by atoms with van der Waals surface area (Å²) >= 11 is 11.8. The quantitative estimate of drug-likeness (QED) is 0.895. The molecule has 2 rings (SSSR count). The molecule has 0 spiro atoms. The number of aliphatic hydroxyl groups excluding tert-OH is 1. The molecule has 0 amide bonds. The van der Waals surface area contributed by atoms with Crippen LogP contribution in [0, 0.1) is 5.92 Å². The van der Waals surface area contributed by atoms with E-state index < -0.39 is 0 Å². The summed E-state index contributed by atoms with van der Waals surface area (Å²) in [4.78, 5) is 2.24. The van der Waals surface area contributed by atoms with Crippen LogP contribution in [0.4, 0.5) is 0 Å². The molecule has 0 saturated carbocycles. The van der Waals surface area contributed by atoms with E-state index in [1.54, 1.807) is 18.2 Å². The third-order valence-electron chi connectivity index (χ3n) is 2.85. The lowest BCUT2D eigenvalue weighted by Gasteiger charge is -2.38. The van der Waals surface area contributed by atoms with Crippen molar-refractivity contribution >= 4 is 23.2 Å². The Morgan fingerprint density at radius 3 is 2.76 bits per heavy atom. The number of rotatable bonds is 5. The molecule has 0 aliphatic carbocycles. The van der Waals surface area contributed by atoms with Gasteiger partial charge in [-0.1, -0.05) is 23.2 Å². The van der Waals surface area contributed by atoms with Gasteiger partial charge in [0.2, 0.25) is 0 Å². The molecule has 5 heteroatoms. The Balaban J connectivity index is 1.72. The molecule has 1 aliphatic rings. The average molecular weight is 276 g/mol. The van der Waals surface area contributed by atoms with Crippen molar-refractivity contribution in [3.8, 4) is 5.75 Å². The van der Waals surface area contributed by atoms with E-state index in [-0.39, 0.29) is 6.61 Å². The Labute approximate surface area is 111 Å². The molecule has 0 aromatic heterocycles. The van der Waals surface area contributed by atoms with Crippen LogP contribution in [0.25, 0.3) is 0 Å². The first kappa shape index (κ1) is 13.0. The second-order valence-corrected chi connectivity index (χ2v) is 5.08. The van der Waals surface area contributed by atoms with Crippen molar-refractivity contribution in [1.29, 1.82) is 0 Å². The van der Waals surface area contributed by atoms with Crippen molar-refractivity contribution in [1.82, 2.24) is 4.90 Å². The van der Waals surface area contributed by atoms with E-state index in [2.05, 4.69) is 4.90 Å². The van der Waals surface area contributed by atoms with Gasteiger partial charge in [0.25, 0.3) is 0 Å². The summed E-state index contributed by atoms with van der Waals surface area (Å²) in [6.07, 6.45) is 0. The topological polar surface area (TPSA) is 32.7 Å². The molecule has 1 aromatic rings. The minimum Gasteiger partial charge on any atom is -0.491 e. The van der Waals surface area contributed by atoms with Gasteiger partial charge in [-0.05, 0) is 18.2 Å². The molecule has 94 valence electrons. The van der Waals surface area contributed by atoms with Gasteiger partial charge in [0.05, 0.1) is 5.02 Å². The maximum Gasteiger partial charge on any atom is 0.138 e. The molecule has 1 heterocycles. The summed E-state index contributed by atoms with van der Waals surface area (Å²) in [7, 11) is 0. The lowest BCUT2D eigenvalue weighted by molar-refractivity contribution is 0.0439. The normalized spacial score (nSPS) is 16.9. The summed E-state index contributed by atoms with van der Waals surface area (Å²) < 4.78 is 5.57. The number of hydrogen-bond acceptors (Lipinski definition) is 3. The highest BCUT2D eigenvalue weighted by atomic mass is 35.5. The van der Waals surface area contributed by atoms with E-state index in [1.807, 2.05) is 0 Å². The van der Waals surface area contributed by atoms with Gasteiger partial charge in [-0.25, -0.2) is 0 Å². The fraction of sp³-hybridized carbons (Fsp3) is 0.500. The zero-order valence-electron chi connectivity index (χ0n) is 9.40. The van der Waals surface area contributed by atoms with E-state index in [9.17, 15) is 0 Å². The third-order valence-corrected chi connectivity index (χ3v) is 3.38. The van der Waals surface area contributed by atoms with Crippen LogP contribution in [0.2, 0.25) is 10.0 Å². The first-order chi connectivity index (χ1) is 8.19. The van der Waals surface area contributed by atoms with Crippen LogP contribution in [-0.2, 0) is 0 Å². The Kier molecular flexibility index (Phi) is 4.51. The van der Waals surface area contributed by atoms with Crippen LogP contribution >= 0.6 is 23.2 Å². The zero-order valence-corrected chi connectivity index (χ0v) is 10.9. The number of ether oxygens (including phenoxy) is 1. The van der Waals surface area contributed by atoms with Crippen LogP contribution in [0.5, 0.6) is 5.75 Å². The maximum atomic E-state index is 8.88. The summed E-state index contributed by atoms with van der Waals surface area (Å²) in [5.74, 6) is 1.10. The lowest BCUT2D eigenvalue weighted by atomic mass is 10.0. The Bertz CT molecular complexity index is 381. The molecule has 1 aliphatic heterocycles. The second-order valence-electron chi connectivity index (χ2n) is 4.23. The SMILES string of the molecule is OCC1CN(CCOc2ccc(Cl)cc2Cl)C1. The predicted molar refractivity (Wildman–Crippen MR) is 69.0 cm³/mol. The van der Waals surface area contributed by atoms with Crippen molar-refractivity contribution in [2.45, 2.75) is 0 Å². The van der Waals surface area contributed by atoms with E-state index in [4.69, 9.17) is 33.0 Å². The van der Waals surface area contributed by atoms with Crippen molar-refractivity contribution in [3.05, 3.63) is 28.2 Å². The fourth-order valence-corrected chi connectivity index (χ4v) is 2.31. The average Bonchev–Trinajstić information content (AvgIpc) is 2.24. The highest BCUT2D eigenvalue weighted by molar-refractivity contribution is 6.35. The van der Waals surface area contributed by atoms with E-state index in [0.29, 0.717) is 28.3 Å². The lowest BCUT2D eigenvalue weighted by Crippen LogP contribution is -2.49. The molecule has 0 bridgehead atoms. The first-order valence-corrected chi connectivity index (χ1v) is 6.35. The van der Waals surface area contributed by atoms with Gasteiger partial charge in [-0.15, -0.1) is 0 Å². The molecule has 1 N–H and O–H groups in total. The minimum absolute atomic E-state index is 0.278. The second kappa shape index (κ2) is 5.91. The van der Waals surface area contributed by atoms with Gasteiger partial charge in [-0.3, -0.25) is 4.90 Å². The molecule has 0 unspecified atom stereocenters. The standard InChI is InChI=1S/C12H15Cl2NO2/c13-10-1-2-12(11(14)5-10)17-4-3-15-6-9(7-15)8-16/h1-2,5,9,16H,3-4,6-8H2. The van der Waals surface area contributed by atoms with Crippen LogP contribution < -0.4 is 4.74 Å². The molecule has 1 aromatic carbocycles. The summed E-state index contributed by atoms with van der Waals surface area (Å²) in [6, 6.07) is 5.20. The molecule has 0 atom stereocenters. The molecule has 1 saturated heterocycles. The van der Waals surface area contributed by atoms with Crippen molar-refractivity contribution in [3.63, 3.8) is 0 Å². The summed E-state index contributed by atoms with van der Waals surface area (Å²) in [5.41, 5.74) is 0. The van der Waals surface area contributed by atoms with E-state index in [0.717, 1.165) is 19.6 Å². The summed E-state index contributed by atoms with van der Waals surface area (Å²) in [5, 5.41) is 10.0. The van der Waals surface area contributed by atoms with Crippen molar-refractivity contribution in [2.75, 3.05) is 32.8 Å². The van der Waals surface area contributed by atoms with Gasteiger partial charge in [-0.2, -0.15) is 0 Å². The van der Waals surface area contributed by atoms with Gasteiger partial charge >= 0.3 is 0 Å². The van der Waals surface area contributed by atoms with Crippen LogP contribution in [0.3, 0.4) is 0 Å². The van der Waals surface area contributed by atoms with Gasteiger partial charge < -0.3 is 9.84 Å². The first-order valence-electron chi connectivity index (χ1n) is 5.60. The zero-order chi connectivity index (χ0) is 12.3. The van der Waals surface area contributed by atoms with E-state index >= 15 is 0 Å². The van der Waals surface area contributed by atoms with Gasteiger partial charge in [0.15, 0.2) is 0 Å². The fourth-order valence-electron chi connectivity index (χ4n) is 1.85. The predicted octanol–water partition coefficient (Wildman–Crippen LogP) is 2.30. The van der Waals surface area contributed by atoms with Crippen molar-refractivity contribution in [2.24, 2.45) is 5.92 Å². The van der Waals surface area contributed by atoms with E-state index in [1.165, 1.54) is 0 Å². The Morgan fingerprint density at radius 1 is 1.35 bits per heavy atom. The van der Waals surface area contributed by atoms with Crippen LogP contribution in [0.1, 0.15) is 0 Å². The monoisotopic (exact) mass is 275 g/mol. The number of benzene rings is 1. The molecular weight excluding hydrogens is 261 g/mol. The third kappa shape index (κ3) is 3.49.